The third kappa shape index (κ3) is 16.0. The Labute approximate surface area is 414 Å². The minimum absolute atomic E-state index is 0.00963. The van der Waals surface area contributed by atoms with Crippen LogP contribution < -0.4 is 17.0 Å². The molecule has 4 aromatic heterocycles. The molecule has 6 heterocycles. The summed E-state index contributed by atoms with van der Waals surface area (Å²) in [5, 5.41) is 32.2. The number of nitrogens with one attached hydrogen (secondary N) is 1. The number of fused-ring (bicyclic) bond motifs is 2. The lowest BCUT2D eigenvalue weighted by molar-refractivity contribution is -0.0540. The highest BCUT2D eigenvalue weighted by Gasteiger charge is 2.47. The van der Waals surface area contributed by atoms with Gasteiger partial charge >= 0.3 is 31.3 Å². The van der Waals surface area contributed by atoms with Crippen LogP contribution in [0.5, 0.6) is 0 Å². The summed E-state index contributed by atoms with van der Waals surface area (Å²) in [7, 11) is -29.0. The smallest absolute Gasteiger partial charge is 0.390 e. The Hall–Kier alpha value is -2.58. The van der Waals surface area contributed by atoms with Crippen molar-refractivity contribution in [3.63, 3.8) is 0 Å². The van der Waals surface area contributed by atoms with E-state index < -0.39 is 113 Å². The van der Waals surface area contributed by atoms with Gasteiger partial charge in [0, 0.05) is 17.9 Å². The molecule has 0 radical (unpaired) electrons. The lowest BCUT2D eigenvalue weighted by atomic mass is 10.1. The van der Waals surface area contributed by atoms with Gasteiger partial charge in [-0.3, -0.25) is 28.0 Å². The molecule has 0 aromatic carbocycles. The Morgan fingerprint density at radius 2 is 1.22 bits per heavy atom. The number of hydrogen-bond donors (Lipinski definition) is 12. The second-order valence-electron chi connectivity index (χ2n) is 15.6. The number of aromatic nitrogens is 8. The van der Waals surface area contributed by atoms with Gasteiger partial charge in [0.15, 0.2) is 64.4 Å². The third-order valence-corrected chi connectivity index (χ3v) is 20.4. The maximum atomic E-state index is 13.0. The molecule has 6 rings (SSSR count). The van der Waals surface area contributed by atoms with Gasteiger partial charge in [-0.25, -0.2) is 55.0 Å². The van der Waals surface area contributed by atoms with Crippen LogP contribution in [0, 0.1) is 0 Å². The molecule has 2 aliphatic heterocycles. The van der Waals surface area contributed by atoms with Crippen LogP contribution in [-0.4, -0.2) is 179 Å². The molecule has 0 bridgehead atoms. The molecule has 5 unspecified atom stereocenters. The van der Waals surface area contributed by atoms with E-state index in [9.17, 15) is 65.0 Å². The SMILES string of the molecule is Nc1nc2c(nc(SCCS(=O)(=O)CCCCCCS(=O)(=O)CCSc3nc4c(N)ncnc4n3C3O[C@H](COP(=O)(O)OP(=O)(O)O)[C@@H](O)[C@H]3O)n2C2CC(O)[C@@H](COP(=O)(O)OP(=O)(O)O)O2)c(=O)[nH]1. The number of ether oxygens (including phenoxy) is 2. The number of aliphatic hydroxyl groups excluding tert-OH is 3. The highest BCUT2D eigenvalue weighted by atomic mass is 32.2. The molecule has 14 N–H and O–H groups in total. The minimum atomic E-state index is -5.47. The van der Waals surface area contributed by atoms with Crippen LogP contribution >= 0.6 is 54.8 Å². The fourth-order valence-electron chi connectivity index (χ4n) is 7.06. The van der Waals surface area contributed by atoms with Crippen LogP contribution in [0.4, 0.5) is 11.8 Å². The molecule has 2 fully saturated rings. The first-order valence-electron chi connectivity index (χ1n) is 20.6. The van der Waals surface area contributed by atoms with Crippen LogP contribution in [0.3, 0.4) is 0 Å². The summed E-state index contributed by atoms with van der Waals surface area (Å²) in [6.45, 7) is -1.87. The second-order valence-corrected chi connectivity index (χ2v) is 28.0. The molecule has 406 valence electrons. The molecule has 0 saturated carbocycles. The Kier molecular flexibility index (Phi) is 19.0. The lowest BCUT2D eigenvalue weighted by Gasteiger charge is -2.19. The molecular weight excluding hydrogens is 1140 g/mol. The normalized spacial score (nSPS) is 24.0. The first-order chi connectivity index (χ1) is 33.3. The Morgan fingerprint density at radius 1 is 0.694 bits per heavy atom. The minimum Gasteiger partial charge on any atom is -0.390 e. The van der Waals surface area contributed by atoms with E-state index in [0.717, 1.165) is 29.9 Å². The van der Waals surface area contributed by atoms with Crippen molar-refractivity contribution in [1.29, 1.82) is 0 Å². The van der Waals surface area contributed by atoms with Crippen LogP contribution in [0.1, 0.15) is 44.6 Å². The van der Waals surface area contributed by atoms with Crippen LogP contribution in [-0.2, 0) is 65.1 Å². The number of thioether (sulfide) groups is 2. The first-order valence-corrected chi connectivity index (χ1v) is 32.3. The molecule has 4 aromatic rings. The van der Waals surface area contributed by atoms with Crippen molar-refractivity contribution in [2.45, 2.75) is 85.4 Å². The topological polar surface area (TPSA) is 533 Å². The number of phosphoric acid groups is 4. The molecule has 2 saturated heterocycles. The van der Waals surface area contributed by atoms with Gasteiger partial charge in [-0.2, -0.15) is 13.6 Å². The number of nitrogens with two attached hydrogens (primary N) is 2. The van der Waals surface area contributed by atoms with Crippen molar-refractivity contribution in [3.05, 3.63) is 16.7 Å². The quantitative estimate of drug-likeness (QED) is 0.0182. The number of anilines is 2. The molecule has 0 amide bonds. The zero-order valence-corrected chi connectivity index (χ0v) is 43.5. The predicted molar refractivity (Wildman–Crippen MR) is 248 cm³/mol. The number of imidazole rings is 2. The van der Waals surface area contributed by atoms with E-state index in [4.69, 9.17) is 40.5 Å². The second kappa shape index (κ2) is 23.3. The molecule has 9 atom stereocenters. The molecule has 42 heteroatoms. The number of H-pyrrole nitrogens is 1. The lowest BCUT2D eigenvalue weighted by Crippen LogP contribution is -2.33. The summed E-state index contributed by atoms with van der Waals surface area (Å²) in [4.78, 5) is 90.3. The van der Waals surface area contributed by atoms with Crippen molar-refractivity contribution >= 4 is 109 Å². The molecule has 34 nitrogen and oxygen atoms in total. The van der Waals surface area contributed by atoms with E-state index >= 15 is 0 Å². The van der Waals surface area contributed by atoms with E-state index in [1.807, 2.05) is 0 Å². The zero-order chi connectivity index (χ0) is 53.2. The molecule has 0 spiro atoms. The monoisotopic (exact) mass is 1180 g/mol. The predicted octanol–water partition coefficient (Wildman–Crippen LogP) is -1.58. The van der Waals surface area contributed by atoms with E-state index in [1.54, 1.807) is 0 Å². The number of aromatic amines is 1. The number of hydrogen-bond acceptors (Lipinski definition) is 27. The van der Waals surface area contributed by atoms with Crippen molar-refractivity contribution < 1.29 is 107 Å². The fraction of sp³-hybridized carbons (Fsp3) is 0.667. The molecular formula is C30H48N10O24P4S4. The van der Waals surface area contributed by atoms with Gasteiger partial charge in [0.25, 0.3) is 5.56 Å². The molecule has 2 aliphatic rings. The van der Waals surface area contributed by atoms with Crippen molar-refractivity contribution in [3.8, 4) is 0 Å². The average Bonchev–Trinajstić information content (AvgIpc) is 3.97. The van der Waals surface area contributed by atoms with Crippen molar-refractivity contribution in [2.24, 2.45) is 0 Å². The van der Waals surface area contributed by atoms with Crippen LogP contribution in [0.2, 0.25) is 0 Å². The van der Waals surface area contributed by atoms with E-state index in [1.165, 1.54) is 9.13 Å². The maximum Gasteiger partial charge on any atom is 0.481 e. The highest BCUT2D eigenvalue weighted by molar-refractivity contribution is 8.01. The van der Waals surface area contributed by atoms with Crippen molar-refractivity contribution in [1.82, 2.24) is 39.0 Å². The Bertz CT molecular complexity index is 3080. The highest BCUT2D eigenvalue weighted by Crippen LogP contribution is 2.59. The summed E-state index contributed by atoms with van der Waals surface area (Å²) >= 11 is 1.78. The summed E-state index contributed by atoms with van der Waals surface area (Å²) in [6, 6.07) is 0. The number of aliphatic hydroxyl groups is 3. The van der Waals surface area contributed by atoms with Gasteiger partial charge in [-0.05, 0) is 12.8 Å². The van der Waals surface area contributed by atoms with Gasteiger partial charge in [-0.15, -0.1) is 0 Å². The Balaban J connectivity index is 0.969. The number of nitrogen functional groups attached to an aromatic ring is 2. The zero-order valence-electron chi connectivity index (χ0n) is 36.7. The first kappa shape index (κ1) is 58.7. The number of sulfone groups is 2. The Morgan fingerprint density at radius 3 is 1.78 bits per heavy atom. The van der Waals surface area contributed by atoms with Gasteiger partial charge in [0.1, 0.15) is 37.0 Å². The summed E-state index contributed by atoms with van der Waals surface area (Å²) in [6.07, 6.45) is -8.71. The van der Waals surface area contributed by atoms with Gasteiger partial charge in [0.2, 0.25) is 5.95 Å². The maximum absolute atomic E-state index is 13.0. The number of rotatable bonds is 27. The van der Waals surface area contributed by atoms with Gasteiger partial charge in [-0.1, -0.05) is 36.4 Å². The van der Waals surface area contributed by atoms with Crippen molar-refractivity contribution in [2.75, 3.05) is 59.2 Å². The number of nitrogens with zero attached hydrogens (tertiary/aromatic N) is 7. The summed E-state index contributed by atoms with van der Waals surface area (Å²) in [5.74, 6) is -1.86. The van der Waals surface area contributed by atoms with Gasteiger partial charge < -0.3 is 65.6 Å². The number of unbranched alkanes of at least 4 members (excludes halogenated alkanes) is 3. The third-order valence-electron chi connectivity index (χ3n) is 10.2. The fourth-order valence-corrected chi connectivity index (χ4v) is 16.0. The average molecular weight is 1180 g/mol. The van der Waals surface area contributed by atoms with E-state index in [0.29, 0.717) is 12.8 Å². The molecule has 72 heavy (non-hydrogen) atoms. The summed E-state index contributed by atoms with van der Waals surface area (Å²) in [5.41, 5.74) is 10.6. The standard InChI is InChI=1S/C30H48N10O24P4S4/c31-23-19-24(34-14-33-23)40(27-22(43)21(42)17(62-27)13-60-68(53,54)64-66(48,49)50)30(35-19)70-6-10-72(57,58)8-4-2-1-3-7-71(55,56)9-5-69-29-36-20-25(37-28(32)38-26(20)44)39(29)18-11-15(41)16(61-18)12-59-67(51,52)63-65(45,46)47/h14-18,21-22,27,41-43H,1-13H2,(H,51,52)(H,53,54)(H2,31,33,34)(H2,45,46,47)(H2,48,49,50)(H3,32,37,38,44)/t15?,16-,17-,18?,21-,22-,27?/m1/s1. The largest absolute Gasteiger partial charge is 0.481 e. The van der Waals surface area contributed by atoms with Gasteiger partial charge in [0.05, 0.1) is 42.3 Å². The van der Waals surface area contributed by atoms with Crippen LogP contribution in [0.15, 0.2) is 21.4 Å². The number of phosphoric ester groups is 2. The van der Waals surface area contributed by atoms with E-state index in [2.05, 4.69) is 47.6 Å². The van der Waals surface area contributed by atoms with Crippen LogP contribution in [0.25, 0.3) is 22.3 Å². The summed E-state index contributed by atoms with van der Waals surface area (Å²) < 4.78 is 128. The van der Waals surface area contributed by atoms with E-state index in [-0.39, 0.29) is 98.2 Å². The molecule has 0 aliphatic carbocycles.